The minimum absolute atomic E-state index is 0.162. The van der Waals surface area contributed by atoms with Gasteiger partial charge in [0.05, 0.1) is 0 Å². The van der Waals surface area contributed by atoms with Gasteiger partial charge in [-0.3, -0.25) is 0 Å². The van der Waals surface area contributed by atoms with Crippen molar-refractivity contribution < 1.29 is 0 Å². The third-order valence-corrected chi connectivity index (χ3v) is 3.77. The molecule has 0 bridgehead atoms. The fraction of sp³-hybridized carbons (Fsp3) is 0.105. The summed E-state index contributed by atoms with van der Waals surface area (Å²) < 4.78 is 1.65. The zero-order chi connectivity index (χ0) is 16.2. The van der Waals surface area contributed by atoms with Crippen molar-refractivity contribution in [2.75, 3.05) is 0 Å². The number of allylic oxidation sites excluding steroid dienone is 5. The predicted octanol–water partition coefficient (Wildman–Crippen LogP) is 3.73. The molecule has 0 fully saturated rings. The molecule has 1 aromatic heterocycles. The quantitative estimate of drug-likeness (QED) is 0.867. The van der Waals surface area contributed by atoms with Crippen molar-refractivity contribution in [3.63, 3.8) is 0 Å². The molecule has 110 valence electrons. The van der Waals surface area contributed by atoms with Crippen molar-refractivity contribution in [1.82, 2.24) is 9.55 Å². The van der Waals surface area contributed by atoms with Crippen LogP contribution in [0.1, 0.15) is 23.4 Å². The fourth-order valence-corrected chi connectivity index (χ4v) is 2.50. The predicted molar refractivity (Wildman–Crippen MR) is 88.9 cm³/mol. The second-order valence-electron chi connectivity index (χ2n) is 5.24. The molecule has 0 atom stereocenters. The maximum Gasteiger partial charge on any atom is 0.177 e. The largest absolute Gasteiger partial charge is 0.318 e. The fourth-order valence-electron chi connectivity index (χ4n) is 2.50. The molecule has 0 amide bonds. The summed E-state index contributed by atoms with van der Waals surface area (Å²) in [5, 5.41) is 18.2. The topological polar surface area (TPSA) is 65.4 Å². The second kappa shape index (κ2) is 6.17. The summed E-state index contributed by atoms with van der Waals surface area (Å²) >= 11 is 0. The zero-order valence-corrected chi connectivity index (χ0v) is 12.7. The van der Waals surface area contributed by atoms with Gasteiger partial charge >= 0.3 is 0 Å². The maximum absolute atomic E-state index is 9.13. The van der Waals surface area contributed by atoms with Crippen LogP contribution >= 0.6 is 0 Å². The Morgan fingerprint density at radius 3 is 2.48 bits per heavy atom. The lowest BCUT2D eigenvalue weighted by atomic mass is 10.1. The summed E-state index contributed by atoms with van der Waals surface area (Å²) in [7, 11) is 1.75. The molecule has 0 radical (unpaired) electrons. The second-order valence-corrected chi connectivity index (χ2v) is 5.24. The molecule has 1 heterocycles. The summed E-state index contributed by atoms with van der Waals surface area (Å²) in [6.07, 6.45) is 11.5. The first-order valence-electron chi connectivity index (χ1n) is 7.24. The molecule has 0 saturated heterocycles. The van der Waals surface area contributed by atoms with Gasteiger partial charge in [-0.05, 0) is 17.6 Å². The van der Waals surface area contributed by atoms with Crippen LogP contribution in [0.3, 0.4) is 0 Å². The standard InChI is InChI=1S/C19H14N4/c1-23-18(13-21)17(12-20)22-19(23)16-10-8-15(9-11-16)7-6-14-4-2-3-5-14/h2-4,6-11H,5H2,1H3/b7-6+. The smallest absolute Gasteiger partial charge is 0.177 e. The minimum Gasteiger partial charge on any atom is -0.318 e. The van der Waals surface area contributed by atoms with Gasteiger partial charge in [-0.15, -0.1) is 0 Å². The van der Waals surface area contributed by atoms with Crippen LogP contribution in [-0.4, -0.2) is 9.55 Å². The molecule has 2 aromatic rings. The Bertz CT molecular complexity index is 910. The highest BCUT2D eigenvalue weighted by molar-refractivity contribution is 5.63. The van der Waals surface area contributed by atoms with Gasteiger partial charge in [0.1, 0.15) is 18.0 Å². The molecular weight excluding hydrogens is 284 g/mol. The van der Waals surface area contributed by atoms with Gasteiger partial charge in [0, 0.05) is 12.6 Å². The van der Waals surface area contributed by atoms with Crippen LogP contribution in [0.2, 0.25) is 0 Å². The van der Waals surface area contributed by atoms with E-state index in [2.05, 4.69) is 35.4 Å². The lowest BCUT2D eigenvalue weighted by Crippen LogP contribution is -1.95. The monoisotopic (exact) mass is 298 g/mol. The van der Waals surface area contributed by atoms with Crippen molar-refractivity contribution in [2.45, 2.75) is 6.42 Å². The average Bonchev–Trinajstić information content (AvgIpc) is 3.20. The molecular formula is C19H14N4. The van der Waals surface area contributed by atoms with Crippen molar-refractivity contribution in [1.29, 1.82) is 10.5 Å². The number of imidazole rings is 1. The third kappa shape index (κ3) is 2.84. The molecule has 0 N–H and O–H groups in total. The summed E-state index contributed by atoms with van der Waals surface area (Å²) in [6, 6.07) is 11.9. The first kappa shape index (κ1) is 14.6. The number of nitrogens with zero attached hydrogens (tertiary/aromatic N) is 4. The first-order valence-corrected chi connectivity index (χ1v) is 7.24. The summed E-state index contributed by atoms with van der Waals surface area (Å²) in [5.74, 6) is 0.622. The van der Waals surface area contributed by atoms with Crippen LogP contribution in [0, 0.1) is 22.7 Å². The number of rotatable bonds is 3. The van der Waals surface area contributed by atoms with E-state index in [0.717, 1.165) is 17.5 Å². The lowest BCUT2D eigenvalue weighted by Gasteiger charge is -2.03. The van der Waals surface area contributed by atoms with Crippen LogP contribution in [0.4, 0.5) is 0 Å². The minimum atomic E-state index is 0.162. The van der Waals surface area contributed by atoms with E-state index in [1.807, 2.05) is 36.4 Å². The molecule has 0 spiro atoms. The molecule has 0 aliphatic heterocycles. The summed E-state index contributed by atoms with van der Waals surface area (Å²) in [6.45, 7) is 0. The Hall–Kier alpha value is -3.37. The van der Waals surface area contributed by atoms with Crippen LogP contribution in [0.15, 0.2) is 54.1 Å². The van der Waals surface area contributed by atoms with Gasteiger partial charge in [-0.25, -0.2) is 4.98 Å². The Morgan fingerprint density at radius 2 is 1.91 bits per heavy atom. The number of nitriles is 2. The molecule has 1 aliphatic rings. The number of aromatic nitrogens is 2. The maximum atomic E-state index is 9.13. The van der Waals surface area contributed by atoms with Gasteiger partial charge in [-0.2, -0.15) is 10.5 Å². The van der Waals surface area contributed by atoms with E-state index < -0.39 is 0 Å². The highest BCUT2D eigenvalue weighted by Gasteiger charge is 2.15. The van der Waals surface area contributed by atoms with E-state index in [1.165, 1.54) is 5.57 Å². The van der Waals surface area contributed by atoms with E-state index >= 15 is 0 Å². The van der Waals surface area contributed by atoms with Crippen molar-refractivity contribution >= 4 is 6.08 Å². The normalized spacial score (nSPS) is 13.1. The van der Waals surface area contributed by atoms with Crippen LogP contribution in [-0.2, 0) is 7.05 Å². The highest BCUT2D eigenvalue weighted by Crippen LogP contribution is 2.22. The zero-order valence-electron chi connectivity index (χ0n) is 12.7. The van der Waals surface area contributed by atoms with Crippen LogP contribution < -0.4 is 0 Å². The highest BCUT2D eigenvalue weighted by atomic mass is 15.1. The Kier molecular flexibility index (Phi) is 3.91. The summed E-state index contributed by atoms with van der Waals surface area (Å²) in [4.78, 5) is 4.25. The van der Waals surface area contributed by atoms with Crippen LogP contribution in [0.25, 0.3) is 17.5 Å². The van der Waals surface area contributed by atoms with Gasteiger partial charge in [0.2, 0.25) is 0 Å². The molecule has 4 nitrogen and oxygen atoms in total. The van der Waals surface area contributed by atoms with Crippen molar-refractivity contribution in [3.8, 4) is 23.5 Å². The summed E-state index contributed by atoms with van der Waals surface area (Å²) in [5.41, 5.74) is 3.71. The number of hydrogen-bond acceptors (Lipinski definition) is 3. The van der Waals surface area contributed by atoms with Gasteiger partial charge in [0.15, 0.2) is 11.4 Å². The Balaban J connectivity index is 1.87. The van der Waals surface area contributed by atoms with Gasteiger partial charge in [0.25, 0.3) is 0 Å². The molecule has 0 unspecified atom stereocenters. The van der Waals surface area contributed by atoms with Crippen molar-refractivity contribution in [2.24, 2.45) is 7.05 Å². The lowest BCUT2D eigenvalue weighted by molar-refractivity contribution is 0.907. The third-order valence-electron chi connectivity index (χ3n) is 3.77. The average molecular weight is 298 g/mol. The van der Waals surface area contributed by atoms with Gasteiger partial charge in [-0.1, -0.05) is 54.6 Å². The number of hydrogen-bond donors (Lipinski definition) is 0. The van der Waals surface area contributed by atoms with E-state index in [4.69, 9.17) is 10.5 Å². The molecule has 4 heteroatoms. The van der Waals surface area contributed by atoms with Crippen LogP contribution in [0.5, 0.6) is 0 Å². The Labute approximate surface area is 134 Å². The van der Waals surface area contributed by atoms with Gasteiger partial charge < -0.3 is 4.57 Å². The molecule has 1 aromatic carbocycles. The molecule has 3 rings (SSSR count). The SMILES string of the molecule is Cn1c(-c2ccc(/C=C/C3=CC=CC3)cc2)nc(C#N)c1C#N. The first-order chi connectivity index (χ1) is 11.2. The van der Waals surface area contributed by atoms with E-state index in [9.17, 15) is 0 Å². The van der Waals surface area contributed by atoms with E-state index in [-0.39, 0.29) is 11.4 Å². The van der Waals surface area contributed by atoms with Crippen molar-refractivity contribution in [3.05, 3.63) is 71.1 Å². The number of benzene rings is 1. The molecule has 0 saturated carbocycles. The Morgan fingerprint density at radius 1 is 1.13 bits per heavy atom. The van der Waals surface area contributed by atoms with E-state index in [0.29, 0.717) is 5.82 Å². The molecule has 1 aliphatic carbocycles. The van der Waals surface area contributed by atoms with E-state index in [1.54, 1.807) is 11.6 Å². The molecule has 23 heavy (non-hydrogen) atoms.